The second kappa shape index (κ2) is 5.52. The van der Waals surface area contributed by atoms with Crippen molar-refractivity contribution in [2.24, 2.45) is 5.14 Å². The van der Waals surface area contributed by atoms with Gasteiger partial charge < -0.3 is 4.90 Å². The summed E-state index contributed by atoms with van der Waals surface area (Å²) in [6, 6.07) is 2.66. The molecule has 0 spiro atoms. The molecule has 0 bridgehead atoms. The Labute approximate surface area is 127 Å². The van der Waals surface area contributed by atoms with Gasteiger partial charge in [0, 0.05) is 18.2 Å². The minimum absolute atomic E-state index is 0.00612. The maximum atomic E-state index is 12.4. The van der Waals surface area contributed by atoms with Crippen LogP contribution in [0.1, 0.15) is 30.1 Å². The van der Waals surface area contributed by atoms with Gasteiger partial charge >= 0.3 is 0 Å². The summed E-state index contributed by atoms with van der Waals surface area (Å²) in [5.74, 6) is -0.265. The number of halogens is 2. The highest BCUT2D eigenvalue weighted by atomic mass is 35.5. The van der Waals surface area contributed by atoms with Gasteiger partial charge in [0.2, 0.25) is 10.0 Å². The summed E-state index contributed by atoms with van der Waals surface area (Å²) in [4.78, 5) is 13.7. The fourth-order valence-electron chi connectivity index (χ4n) is 2.30. The first-order chi connectivity index (χ1) is 9.21. The number of amides is 1. The van der Waals surface area contributed by atoms with Gasteiger partial charge in [-0.15, -0.1) is 0 Å². The summed E-state index contributed by atoms with van der Waals surface area (Å²) in [5, 5.41) is 4.91. The number of carbonyl (C=O) groups excluding carboxylic acids is 1. The van der Waals surface area contributed by atoms with Crippen molar-refractivity contribution in [3.05, 3.63) is 27.7 Å². The normalized spacial score (nSPS) is 19.4. The number of nitrogens with zero attached hydrogens (tertiary/aromatic N) is 1. The van der Waals surface area contributed by atoms with Gasteiger partial charge in [0.05, 0.1) is 10.0 Å². The smallest absolute Gasteiger partial charge is 0.254 e. The first-order valence-corrected chi connectivity index (χ1v) is 8.35. The molecule has 1 fully saturated rings. The molecule has 0 aromatic heterocycles. The van der Waals surface area contributed by atoms with Crippen LogP contribution in [0.2, 0.25) is 10.0 Å². The van der Waals surface area contributed by atoms with Crippen molar-refractivity contribution in [2.75, 3.05) is 6.54 Å². The van der Waals surface area contributed by atoms with Crippen LogP contribution in [0.15, 0.2) is 17.0 Å². The van der Waals surface area contributed by atoms with E-state index in [1.807, 2.05) is 6.92 Å². The summed E-state index contributed by atoms with van der Waals surface area (Å²) in [6.07, 6.45) is 1.85. The Morgan fingerprint density at radius 3 is 2.55 bits per heavy atom. The largest absolute Gasteiger partial charge is 0.336 e. The van der Waals surface area contributed by atoms with E-state index >= 15 is 0 Å². The van der Waals surface area contributed by atoms with Gasteiger partial charge in [-0.3, -0.25) is 4.79 Å². The van der Waals surface area contributed by atoms with E-state index in [-0.39, 0.29) is 32.5 Å². The molecule has 20 heavy (non-hydrogen) atoms. The molecular weight excluding hydrogens is 323 g/mol. The Kier molecular flexibility index (Phi) is 4.30. The number of carbonyl (C=O) groups is 1. The summed E-state index contributed by atoms with van der Waals surface area (Å²) in [5.41, 5.74) is 0.178. The van der Waals surface area contributed by atoms with E-state index in [1.165, 1.54) is 12.1 Å². The van der Waals surface area contributed by atoms with Crippen LogP contribution in [0.3, 0.4) is 0 Å². The number of hydrogen-bond donors (Lipinski definition) is 1. The SMILES string of the molecule is CC1CCCN1C(=O)c1cc(Cl)c(Cl)c(S(N)(=O)=O)c1. The van der Waals surface area contributed by atoms with Gasteiger partial charge in [-0.2, -0.15) is 0 Å². The molecule has 110 valence electrons. The summed E-state index contributed by atoms with van der Waals surface area (Å²) in [6.45, 7) is 2.59. The molecule has 1 saturated heterocycles. The van der Waals surface area contributed by atoms with Crippen LogP contribution in [0.4, 0.5) is 0 Å². The fourth-order valence-corrected chi connectivity index (χ4v) is 3.65. The third-order valence-corrected chi connectivity index (χ3v) is 5.21. The number of primary sulfonamides is 1. The van der Waals surface area contributed by atoms with Crippen LogP contribution in [0.5, 0.6) is 0 Å². The van der Waals surface area contributed by atoms with E-state index in [4.69, 9.17) is 28.3 Å². The molecule has 1 unspecified atom stereocenters. The van der Waals surface area contributed by atoms with Crippen molar-refractivity contribution < 1.29 is 13.2 Å². The zero-order chi connectivity index (χ0) is 15.1. The van der Waals surface area contributed by atoms with Crippen LogP contribution in [-0.2, 0) is 10.0 Å². The van der Waals surface area contributed by atoms with Gasteiger partial charge in [0.1, 0.15) is 4.90 Å². The van der Waals surface area contributed by atoms with Crippen LogP contribution >= 0.6 is 23.2 Å². The van der Waals surface area contributed by atoms with Gasteiger partial charge in [-0.05, 0) is 31.9 Å². The molecule has 1 amide bonds. The van der Waals surface area contributed by atoms with E-state index in [0.717, 1.165) is 12.8 Å². The van der Waals surface area contributed by atoms with Gasteiger partial charge in [-0.25, -0.2) is 13.6 Å². The standard InChI is InChI=1S/C12H14Cl2N2O3S/c1-7-3-2-4-16(7)12(17)8-5-9(13)11(14)10(6-8)20(15,18)19/h5-7H,2-4H2,1H3,(H2,15,18,19). The number of hydrogen-bond acceptors (Lipinski definition) is 3. The molecule has 1 aromatic carbocycles. The molecule has 1 aliphatic rings. The van der Waals surface area contributed by atoms with E-state index in [0.29, 0.717) is 6.54 Å². The van der Waals surface area contributed by atoms with Crippen molar-refractivity contribution in [3.63, 3.8) is 0 Å². The summed E-state index contributed by atoms with van der Waals surface area (Å²) >= 11 is 11.7. The second-order valence-electron chi connectivity index (χ2n) is 4.80. The molecule has 5 nitrogen and oxygen atoms in total. The summed E-state index contributed by atoms with van der Waals surface area (Å²) in [7, 11) is -4.04. The lowest BCUT2D eigenvalue weighted by Crippen LogP contribution is -2.33. The number of rotatable bonds is 2. The molecule has 2 N–H and O–H groups in total. The van der Waals surface area contributed by atoms with Crippen LogP contribution in [-0.4, -0.2) is 31.8 Å². The van der Waals surface area contributed by atoms with Crippen LogP contribution < -0.4 is 5.14 Å². The van der Waals surface area contributed by atoms with Crippen LogP contribution in [0, 0.1) is 0 Å². The predicted molar refractivity (Wildman–Crippen MR) is 77.6 cm³/mol. The quantitative estimate of drug-likeness (QED) is 0.899. The van der Waals surface area contributed by atoms with Crippen molar-refractivity contribution >= 4 is 39.1 Å². The lowest BCUT2D eigenvalue weighted by atomic mass is 10.2. The minimum atomic E-state index is -4.04. The summed E-state index contributed by atoms with van der Waals surface area (Å²) < 4.78 is 23.0. The lowest BCUT2D eigenvalue weighted by Gasteiger charge is -2.22. The van der Waals surface area contributed by atoms with E-state index in [9.17, 15) is 13.2 Å². The molecule has 1 aliphatic heterocycles. The molecular formula is C12H14Cl2N2O3S. The van der Waals surface area contributed by atoms with Crippen molar-refractivity contribution in [3.8, 4) is 0 Å². The average molecular weight is 337 g/mol. The predicted octanol–water partition coefficient (Wildman–Crippen LogP) is 2.27. The number of nitrogens with two attached hydrogens (primary N) is 1. The molecule has 1 heterocycles. The van der Waals surface area contributed by atoms with E-state index < -0.39 is 10.0 Å². The molecule has 1 aromatic rings. The Balaban J connectivity index is 2.48. The first-order valence-electron chi connectivity index (χ1n) is 6.04. The number of benzene rings is 1. The Bertz CT molecular complexity index is 661. The molecule has 0 radical (unpaired) electrons. The topological polar surface area (TPSA) is 80.5 Å². The van der Waals surface area contributed by atoms with Crippen LogP contribution in [0.25, 0.3) is 0 Å². The maximum absolute atomic E-state index is 12.4. The molecule has 0 saturated carbocycles. The molecule has 1 atom stereocenters. The highest BCUT2D eigenvalue weighted by Gasteiger charge is 2.28. The van der Waals surface area contributed by atoms with E-state index in [2.05, 4.69) is 0 Å². The highest BCUT2D eigenvalue weighted by Crippen LogP contribution is 2.31. The number of sulfonamides is 1. The average Bonchev–Trinajstić information content (AvgIpc) is 2.76. The van der Waals surface area contributed by atoms with Crippen molar-refractivity contribution in [1.29, 1.82) is 0 Å². The van der Waals surface area contributed by atoms with Gasteiger partial charge in [0.15, 0.2) is 0 Å². The minimum Gasteiger partial charge on any atom is -0.336 e. The zero-order valence-electron chi connectivity index (χ0n) is 10.8. The monoisotopic (exact) mass is 336 g/mol. The van der Waals surface area contributed by atoms with Gasteiger partial charge in [-0.1, -0.05) is 23.2 Å². The Morgan fingerprint density at radius 1 is 1.40 bits per heavy atom. The molecule has 2 rings (SSSR count). The van der Waals surface area contributed by atoms with Crippen molar-refractivity contribution in [1.82, 2.24) is 4.90 Å². The zero-order valence-corrected chi connectivity index (χ0v) is 13.1. The maximum Gasteiger partial charge on any atom is 0.254 e. The highest BCUT2D eigenvalue weighted by molar-refractivity contribution is 7.89. The molecule has 0 aliphatic carbocycles. The Hall–Kier alpha value is -0.820. The van der Waals surface area contributed by atoms with Crippen molar-refractivity contribution in [2.45, 2.75) is 30.7 Å². The first kappa shape index (κ1) is 15.6. The molecule has 8 heteroatoms. The van der Waals surface area contributed by atoms with E-state index in [1.54, 1.807) is 4.90 Å². The lowest BCUT2D eigenvalue weighted by molar-refractivity contribution is 0.0747. The number of likely N-dealkylation sites (tertiary alicyclic amines) is 1. The third-order valence-electron chi connectivity index (χ3n) is 3.36. The third kappa shape index (κ3) is 2.93. The Morgan fingerprint density at radius 2 is 2.05 bits per heavy atom. The fraction of sp³-hybridized carbons (Fsp3) is 0.417. The van der Waals surface area contributed by atoms with Gasteiger partial charge in [0.25, 0.3) is 5.91 Å². The second-order valence-corrected chi connectivity index (χ2v) is 7.12.